The van der Waals surface area contributed by atoms with Crippen molar-refractivity contribution in [2.75, 3.05) is 19.0 Å². The monoisotopic (exact) mass is 401 g/mol. The smallest absolute Gasteiger partial charge is 0.238 e. The lowest BCUT2D eigenvalue weighted by Gasteiger charge is -2.10. The van der Waals surface area contributed by atoms with Crippen molar-refractivity contribution in [1.29, 1.82) is 0 Å². The fraction of sp³-hybridized carbons (Fsp3) is 0.231. The Morgan fingerprint density at radius 2 is 2.05 bits per heavy atom. The van der Waals surface area contributed by atoms with E-state index in [-0.39, 0.29) is 0 Å². The van der Waals surface area contributed by atoms with E-state index in [1.165, 1.54) is 0 Å². The first kappa shape index (κ1) is 15.1. The standard InChI is InChI=1S/C13H13Br2N3O2/c1-3-16-13-17-7-10(15)12(18-13)20-11-5-4-8(19-2)6-9(11)14/h4-7H,3H2,1-2H3,(H,16,17,18). The molecule has 1 N–H and O–H groups in total. The lowest BCUT2D eigenvalue weighted by molar-refractivity contribution is 0.411. The van der Waals surface area contributed by atoms with Crippen LogP contribution in [0.5, 0.6) is 17.4 Å². The number of ether oxygens (including phenoxy) is 2. The summed E-state index contributed by atoms with van der Waals surface area (Å²) in [5.74, 6) is 2.36. The Hall–Kier alpha value is -1.34. The van der Waals surface area contributed by atoms with E-state index < -0.39 is 0 Å². The summed E-state index contributed by atoms with van der Waals surface area (Å²) < 4.78 is 12.4. The molecule has 0 fully saturated rings. The summed E-state index contributed by atoms with van der Waals surface area (Å²) in [6.07, 6.45) is 1.65. The molecule has 1 aromatic carbocycles. The van der Waals surface area contributed by atoms with Crippen LogP contribution in [0.15, 0.2) is 33.3 Å². The zero-order valence-corrected chi connectivity index (χ0v) is 14.2. The molecule has 1 heterocycles. The van der Waals surface area contributed by atoms with Crippen LogP contribution in [0.1, 0.15) is 6.92 Å². The summed E-state index contributed by atoms with van der Waals surface area (Å²) in [6.45, 7) is 2.72. The van der Waals surface area contributed by atoms with E-state index >= 15 is 0 Å². The molecule has 1 aromatic heterocycles. The topological polar surface area (TPSA) is 56.3 Å². The first-order valence-corrected chi connectivity index (χ1v) is 7.50. The molecule has 0 unspecified atom stereocenters. The van der Waals surface area contributed by atoms with Gasteiger partial charge < -0.3 is 14.8 Å². The van der Waals surface area contributed by atoms with Gasteiger partial charge in [-0.2, -0.15) is 4.98 Å². The minimum absolute atomic E-state index is 0.446. The predicted molar refractivity (Wildman–Crippen MR) is 84.7 cm³/mol. The lowest BCUT2D eigenvalue weighted by atomic mass is 10.3. The van der Waals surface area contributed by atoms with Gasteiger partial charge in [-0.05, 0) is 57.0 Å². The van der Waals surface area contributed by atoms with E-state index in [0.717, 1.165) is 16.8 Å². The van der Waals surface area contributed by atoms with E-state index in [1.807, 2.05) is 25.1 Å². The van der Waals surface area contributed by atoms with Crippen LogP contribution in [-0.2, 0) is 0 Å². The van der Waals surface area contributed by atoms with Crippen LogP contribution in [0, 0.1) is 0 Å². The molecule has 0 aliphatic heterocycles. The Bertz CT molecular complexity index is 608. The van der Waals surface area contributed by atoms with E-state index in [2.05, 4.69) is 47.1 Å². The third kappa shape index (κ3) is 3.61. The molecule has 0 amide bonds. The molecule has 2 aromatic rings. The molecule has 0 saturated carbocycles. The van der Waals surface area contributed by atoms with Gasteiger partial charge in [0.25, 0.3) is 0 Å². The van der Waals surface area contributed by atoms with Crippen molar-refractivity contribution >= 4 is 37.8 Å². The van der Waals surface area contributed by atoms with Crippen molar-refractivity contribution < 1.29 is 9.47 Å². The van der Waals surface area contributed by atoms with Gasteiger partial charge in [0.1, 0.15) is 11.5 Å². The molecule has 0 spiro atoms. The maximum absolute atomic E-state index is 5.79. The number of aromatic nitrogens is 2. The number of nitrogens with one attached hydrogen (secondary N) is 1. The van der Waals surface area contributed by atoms with Gasteiger partial charge in [-0.3, -0.25) is 0 Å². The fourth-order valence-electron chi connectivity index (χ4n) is 1.46. The molecule has 0 atom stereocenters. The summed E-state index contributed by atoms with van der Waals surface area (Å²) in [5, 5.41) is 3.04. The van der Waals surface area contributed by atoms with Gasteiger partial charge in [0, 0.05) is 6.54 Å². The van der Waals surface area contributed by atoms with Crippen molar-refractivity contribution in [3.63, 3.8) is 0 Å². The van der Waals surface area contributed by atoms with E-state index in [4.69, 9.17) is 9.47 Å². The molecule has 0 bridgehead atoms. The van der Waals surface area contributed by atoms with Crippen molar-refractivity contribution in [3.05, 3.63) is 33.3 Å². The molecule has 20 heavy (non-hydrogen) atoms. The van der Waals surface area contributed by atoms with E-state index in [9.17, 15) is 0 Å². The third-order valence-corrected chi connectivity index (χ3v) is 3.56. The molecule has 0 aliphatic rings. The second-order valence-corrected chi connectivity index (χ2v) is 5.48. The Kier molecular flexibility index (Phi) is 5.19. The Morgan fingerprint density at radius 3 is 2.70 bits per heavy atom. The minimum atomic E-state index is 0.446. The second-order valence-electron chi connectivity index (χ2n) is 3.78. The number of rotatable bonds is 5. The first-order valence-electron chi connectivity index (χ1n) is 5.91. The highest BCUT2D eigenvalue weighted by molar-refractivity contribution is 9.11. The van der Waals surface area contributed by atoms with Gasteiger partial charge >= 0.3 is 0 Å². The maximum Gasteiger partial charge on any atom is 0.238 e. The molecule has 2 rings (SSSR count). The number of hydrogen-bond acceptors (Lipinski definition) is 5. The van der Waals surface area contributed by atoms with Crippen molar-refractivity contribution in [2.45, 2.75) is 6.92 Å². The molecular weight excluding hydrogens is 390 g/mol. The molecule has 0 aliphatic carbocycles. The SMILES string of the molecule is CCNc1ncc(Br)c(Oc2ccc(OC)cc2Br)n1. The van der Waals surface area contributed by atoms with Crippen LogP contribution in [-0.4, -0.2) is 23.6 Å². The van der Waals surface area contributed by atoms with E-state index in [1.54, 1.807) is 13.3 Å². The Morgan fingerprint density at radius 1 is 1.25 bits per heavy atom. The molecule has 7 heteroatoms. The van der Waals surface area contributed by atoms with Gasteiger partial charge in [-0.25, -0.2) is 4.98 Å². The van der Waals surface area contributed by atoms with Crippen LogP contribution in [0.3, 0.4) is 0 Å². The highest BCUT2D eigenvalue weighted by Crippen LogP contribution is 2.34. The molecule has 5 nitrogen and oxygen atoms in total. The summed E-state index contributed by atoms with van der Waals surface area (Å²) in [6, 6.07) is 5.46. The fourth-order valence-corrected chi connectivity index (χ4v) is 2.17. The number of halogens is 2. The number of hydrogen-bond donors (Lipinski definition) is 1. The maximum atomic E-state index is 5.79. The van der Waals surface area contributed by atoms with E-state index in [0.29, 0.717) is 22.1 Å². The van der Waals surface area contributed by atoms with Crippen LogP contribution in [0.25, 0.3) is 0 Å². The average Bonchev–Trinajstić information content (AvgIpc) is 2.44. The summed E-state index contributed by atoms with van der Waals surface area (Å²) >= 11 is 6.81. The number of methoxy groups -OCH3 is 1. The van der Waals surface area contributed by atoms with Gasteiger partial charge in [0.15, 0.2) is 0 Å². The Labute approximate surface area is 134 Å². The minimum Gasteiger partial charge on any atom is -0.497 e. The Balaban J connectivity index is 2.27. The van der Waals surface area contributed by atoms with Crippen LogP contribution in [0.4, 0.5) is 5.95 Å². The van der Waals surface area contributed by atoms with Gasteiger partial charge in [0.2, 0.25) is 11.8 Å². The van der Waals surface area contributed by atoms with Crippen molar-refractivity contribution in [2.24, 2.45) is 0 Å². The normalized spacial score (nSPS) is 10.2. The predicted octanol–water partition coefficient (Wildman–Crippen LogP) is 4.23. The van der Waals surface area contributed by atoms with Crippen LogP contribution < -0.4 is 14.8 Å². The zero-order chi connectivity index (χ0) is 14.5. The van der Waals surface area contributed by atoms with Gasteiger partial charge in [0.05, 0.1) is 22.3 Å². The summed E-state index contributed by atoms with van der Waals surface area (Å²) in [4.78, 5) is 8.44. The highest BCUT2D eigenvalue weighted by atomic mass is 79.9. The van der Waals surface area contributed by atoms with Crippen LogP contribution in [0.2, 0.25) is 0 Å². The molecule has 106 valence electrons. The van der Waals surface area contributed by atoms with Crippen molar-refractivity contribution in [3.8, 4) is 17.4 Å². The second kappa shape index (κ2) is 6.90. The third-order valence-electron chi connectivity index (χ3n) is 2.39. The van der Waals surface area contributed by atoms with Crippen LogP contribution >= 0.6 is 31.9 Å². The lowest BCUT2D eigenvalue weighted by Crippen LogP contribution is -2.03. The molecular formula is C13H13Br2N3O2. The first-order chi connectivity index (χ1) is 9.63. The molecule has 0 radical (unpaired) electrons. The van der Waals surface area contributed by atoms with Gasteiger partial charge in [-0.1, -0.05) is 0 Å². The quantitative estimate of drug-likeness (QED) is 0.810. The number of anilines is 1. The summed E-state index contributed by atoms with van der Waals surface area (Å²) in [5.41, 5.74) is 0. The van der Waals surface area contributed by atoms with Gasteiger partial charge in [-0.15, -0.1) is 0 Å². The molecule has 0 saturated heterocycles. The number of benzene rings is 1. The largest absolute Gasteiger partial charge is 0.497 e. The van der Waals surface area contributed by atoms with Crippen molar-refractivity contribution in [1.82, 2.24) is 9.97 Å². The summed E-state index contributed by atoms with van der Waals surface area (Å²) in [7, 11) is 1.62. The average molecular weight is 403 g/mol. The highest BCUT2D eigenvalue weighted by Gasteiger charge is 2.10. The number of nitrogens with zero attached hydrogens (tertiary/aromatic N) is 2. The zero-order valence-electron chi connectivity index (χ0n) is 11.0.